The Morgan fingerprint density at radius 2 is 2.16 bits per heavy atom. The van der Waals surface area contributed by atoms with Gasteiger partial charge in [-0.1, -0.05) is 0 Å². The molecule has 8 nitrogen and oxygen atoms in total. The number of carboxylic acids is 1. The summed E-state index contributed by atoms with van der Waals surface area (Å²) in [5.41, 5.74) is -1.25. The highest BCUT2D eigenvalue weighted by Gasteiger charge is 2.43. The summed E-state index contributed by atoms with van der Waals surface area (Å²) in [5, 5.41) is 10.0. The topological polar surface area (TPSA) is 98.2 Å². The van der Waals surface area contributed by atoms with Gasteiger partial charge in [-0.15, -0.1) is 0 Å². The van der Waals surface area contributed by atoms with Crippen LogP contribution in [0.1, 0.15) is 32.9 Å². The Bertz CT molecular complexity index is 631. The predicted octanol–water partition coefficient (Wildman–Crippen LogP) is 2.71. The van der Waals surface area contributed by atoms with E-state index in [1.165, 1.54) is 0 Å². The van der Waals surface area contributed by atoms with E-state index < -0.39 is 29.9 Å². The summed E-state index contributed by atoms with van der Waals surface area (Å²) in [5.74, 6) is -1.10. The fourth-order valence-electron chi connectivity index (χ4n) is 2.35. The quantitative estimate of drug-likeness (QED) is 0.805. The van der Waals surface area contributed by atoms with Crippen LogP contribution in [0.15, 0.2) is 22.8 Å². The number of nitrogens with zero attached hydrogens (tertiary/aromatic N) is 2. The minimum Gasteiger partial charge on any atom is -0.480 e. The Morgan fingerprint density at radius 1 is 1.44 bits per heavy atom. The van der Waals surface area contributed by atoms with Crippen LogP contribution in [-0.2, 0) is 24.7 Å². The first kappa shape index (κ1) is 19.6. The van der Waals surface area contributed by atoms with Crippen LogP contribution in [0.5, 0.6) is 0 Å². The first-order chi connectivity index (χ1) is 11.6. The van der Waals surface area contributed by atoms with Crippen molar-refractivity contribution >= 4 is 28.0 Å². The van der Waals surface area contributed by atoms with Crippen LogP contribution in [0.2, 0.25) is 0 Å². The molecule has 9 heteroatoms. The maximum Gasteiger partial charge on any atom is 0.434 e. The lowest BCUT2D eigenvalue weighted by molar-refractivity contribution is -0.234. The summed E-state index contributed by atoms with van der Waals surface area (Å²) in [6.45, 7) is 4.87. The van der Waals surface area contributed by atoms with Gasteiger partial charge in [0.15, 0.2) is 0 Å². The summed E-state index contributed by atoms with van der Waals surface area (Å²) in [4.78, 5) is 33.0. The lowest BCUT2D eigenvalue weighted by Gasteiger charge is -2.41. The van der Waals surface area contributed by atoms with E-state index in [9.17, 15) is 9.59 Å². The van der Waals surface area contributed by atoms with Crippen molar-refractivity contribution in [3.63, 3.8) is 0 Å². The smallest absolute Gasteiger partial charge is 0.434 e. The van der Waals surface area contributed by atoms with Crippen LogP contribution in [0.3, 0.4) is 0 Å². The van der Waals surface area contributed by atoms with E-state index >= 15 is 0 Å². The summed E-state index contributed by atoms with van der Waals surface area (Å²) in [6, 6.07) is 3.51. The number of aliphatic carboxylic acids is 1. The van der Waals surface area contributed by atoms with Gasteiger partial charge in [0.25, 0.3) is 0 Å². The molecule has 138 valence electrons. The third-order valence-electron chi connectivity index (χ3n) is 3.42. The average molecular weight is 417 g/mol. The van der Waals surface area contributed by atoms with Crippen LogP contribution >= 0.6 is 15.9 Å². The number of carboxylic acid groups (broad SMARTS) is 1. The molecule has 1 N–H and O–H groups in total. The van der Waals surface area contributed by atoms with E-state index in [1.54, 1.807) is 39.1 Å². The van der Waals surface area contributed by atoms with Crippen molar-refractivity contribution in [2.24, 2.45) is 0 Å². The molecule has 0 radical (unpaired) electrons. The van der Waals surface area contributed by atoms with Gasteiger partial charge in [-0.05, 0) is 48.8 Å². The Labute approximate surface area is 154 Å². The highest BCUT2D eigenvalue weighted by Crippen LogP contribution is 2.34. The number of carbonyl (C=O) groups excluding carboxylic acids is 1. The fraction of sp³-hybridized carbons (Fsp3) is 0.562. The van der Waals surface area contributed by atoms with Gasteiger partial charge < -0.3 is 14.6 Å². The highest BCUT2D eigenvalue weighted by atomic mass is 79.9. The molecule has 0 saturated carbocycles. The zero-order chi connectivity index (χ0) is 18.7. The van der Waals surface area contributed by atoms with Crippen molar-refractivity contribution in [2.75, 3.05) is 19.8 Å². The second-order valence-electron chi connectivity index (χ2n) is 6.64. The molecule has 1 atom stereocenters. The van der Waals surface area contributed by atoms with Crippen molar-refractivity contribution in [1.29, 1.82) is 0 Å². The number of ether oxygens (including phenoxy) is 2. The van der Waals surface area contributed by atoms with Crippen molar-refractivity contribution in [3.8, 4) is 0 Å². The molecular formula is C16H21BrN2O6. The van der Waals surface area contributed by atoms with Crippen molar-refractivity contribution in [1.82, 2.24) is 10.0 Å². The van der Waals surface area contributed by atoms with E-state index in [1.807, 2.05) is 0 Å². The van der Waals surface area contributed by atoms with Crippen LogP contribution in [0.25, 0.3) is 0 Å². The molecule has 1 aromatic heterocycles. The Morgan fingerprint density at radius 3 is 2.72 bits per heavy atom. The number of carbonyl (C=O) groups is 2. The van der Waals surface area contributed by atoms with Crippen molar-refractivity contribution in [3.05, 3.63) is 28.5 Å². The normalized spacial score (nSPS) is 21.0. The van der Waals surface area contributed by atoms with E-state index in [-0.39, 0.29) is 13.2 Å². The second kappa shape index (κ2) is 7.67. The van der Waals surface area contributed by atoms with Crippen LogP contribution < -0.4 is 0 Å². The van der Waals surface area contributed by atoms with E-state index in [0.717, 1.165) is 9.54 Å². The van der Waals surface area contributed by atoms with E-state index in [4.69, 9.17) is 19.4 Å². The Hall–Kier alpha value is -1.71. The summed E-state index contributed by atoms with van der Waals surface area (Å²) < 4.78 is 11.8. The summed E-state index contributed by atoms with van der Waals surface area (Å²) in [6.07, 6.45) is 1.29. The molecule has 1 amide bonds. The zero-order valence-corrected chi connectivity index (χ0v) is 15.9. The number of pyridine rings is 1. The van der Waals surface area contributed by atoms with Gasteiger partial charge in [-0.3, -0.25) is 9.82 Å². The minimum atomic E-state index is -1.10. The Kier molecular flexibility index (Phi) is 6.02. The SMILES string of the molecule is CC(C)(C)OC(=O)N1CC(OCC(=O)O)(c2ccc(Br)cn2)CCO1. The number of hydrogen-bond acceptors (Lipinski definition) is 6. The molecule has 1 aromatic rings. The molecule has 0 bridgehead atoms. The van der Waals surface area contributed by atoms with Gasteiger partial charge in [0.05, 0.1) is 18.8 Å². The van der Waals surface area contributed by atoms with Gasteiger partial charge >= 0.3 is 12.1 Å². The first-order valence-corrected chi connectivity index (χ1v) is 8.52. The van der Waals surface area contributed by atoms with Gasteiger partial charge in [-0.2, -0.15) is 5.06 Å². The molecule has 1 aliphatic heterocycles. The van der Waals surface area contributed by atoms with Crippen LogP contribution in [-0.4, -0.2) is 52.6 Å². The number of amides is 1. The number of hydrogen-bond donors (Lipinski definition) is 1. The van der Waals surface area contributed by atoms with Gasteiger partial charge in [0, 0.05) is 17.1 Å². The molecule has 2 heterocycles. The molecule has 1 fully saturated rings. The summed E-state index contributed by atoms with van der Waals surface area (Å²) >= 11 is 3.31. The lowest BCUT2D eigenvalue weighted by Crippen LogP contribution is -2.52. The standard InChI is InChI=1S/C16H21BrN2O6/c1-15(2,3)25-14(22)19-10-16(6-7-24-19,23-9-13(20)21)12-5-4-11(17)8-18-12/h4-5,8H,6-7,9-10H2,1-3H3,(H,20,21). The third kappa shape index (κ3) is 5.38. The largest absolute Gasteiger partial charge is 0.480 e. The zero-order valence-electron chi connectivity index (χ0n) is 14.3. The maximum atomic E-state index is 12.3. The Balaban J connectivity index is 2.26. The number of rotatable bonds is 4. The summed E-state index contributed by atoms with van der Waals surface area (Å²) in [7, 11) is 0. The molecule has 1 saturated heterocycles. The van der Waals surface area contributed by atoms with Crippen LogP contribution in [0, 0.1) is 0 Å². The van der Waals surface area contributed by atoms with E-state index in [0.29, 0.717) is 12.1 Å². The predicted molar refractivity (Wildman–Crippen MR) is 90.7 cm³/mol. The molecule has 25 heavy (non-hydrogen) atoms. The van der Waals surface area contributed by atoms with E-state index in [2.05, 4.69) is 20.9 Å². The third-order valence-corrected chi connectivity index (χ3v) is 3.88. The lowest BCUT2D eigenvalue weighted by atomic mass is 9.93. The van der Waals surface area contributed by atoms with Crippen molar-refractivity contribution < 1.29 is 29.0 Å². The molecule has 0 spiro atoms. The van der Waals surface area contributed by atoms with Crippen LogP contribution in [0.4, 0.5) is 4.79 Å². The van der Waals surface area contributed by atoms with Gasteiger partial charge in [0.1, 0.15) is 17.8 Å². The molecule has 0 aromatic carbocycles. The second-order valence-corrected chi connectivity index (χ2v) is 7.55. The van der Waals surface area contributed by atoms with Gasteiger partial charge in [-0.25, -0.2) is 9.59 Å². The molecular weight excluding hydrogens is 396 g/mol. The maximum absolute atomic E-state index is 12.3. The molecule has 2 rings (SSSR count). The molecule has 1 unspecified atom stereocenters. The average Bonchev–Trinajstić information content (AvgIpc) is 2.52. The fourth-order valence-corrected chi connectivity index (χ4v) is 2.59. The minimum absolute atomic E-state index is 0.0240. The number of hydroxylamine groups is 2. The molecule has 0 aliphatic carbocycles. The monoisotopic (exact) mass is 416 g/mol. The van der Waals surface area contributed by atoms with Gasteiger partial charge in [0.2, 0.25) is 0 Å². The first-order valence-electron chi connectivity index (χ1n) is 7.72. The van der Waals surface area contributed by atoms with Crippen molar-refractivity contribution in [2.45, 2.75) is 38.4 Å². The number of aromatic nitrogens is 1. The molecule has 1 aliphatic rings. The highest BCUT2D eigenvalue weighted by molar-refractivity contribution is 9.10. The number of halogens is 1.